The molecule has 1 N–H and O–H groups in total. The molecule has 0 aromatic heterocycles. The highest BCUT2D eigenvalue weighted by molar-refractivity contribution is 5.86. The van der Waals surface area contributed by atoms with Crippen LogP contribution in [0.2, 0.25) is 0 Å². The lowest BCUT2D eigenvalue weighted by molar-refractivity contribution is 0.698. The van der Waals surface area contributed by atoms with Gasteiger partial charge in [0, 0.05) is 13.0 Å². The molecule has 0 unspecified atom stereocenters. The van der Waals surface area contributed by atoms with E-state index in [1.807, 2.05) is 0 Å². The Morgan fingerprint density at radius 3 is 2.15 bits per heavy atom. The van der Waals surface area contributed by atoms with Crippen LogP contribution in [0.3, 0.4) is 0 Å². The van der Waals surface area contributed by atoms with Gasteiger partial charge < -0.3 is 5.32 Å². The van der Waals surface area contributed by atoms with Gasteiger partial charge in [-0.3, -0.25) is 4.99 Å². The van der Waals surface area contributed by atoms with Gasteiger partial charge in [0.2, 0.25) is 0 Å². The van der Waals surface area contributed by atoms with Crippen LogP contribution in [0, 0.1) is 0 Å². The quantitative estimate of drug-likeness (QED) is 0.822. The molecule has 20 heavy (non-hydrogen) atoms. The maximum Gasteiger partial charge on any atom is 0.101 e. The summed E-state index contributed by atoms with van der Waals surface area (Å²) in [7, 11) is 0. The van der Waals surface area contributed by atoms with E-state index in [1.54, 1.807) is 0 Å². The van der Waals surface area contributed by atoms with E-state index in [-0.39, 0.29) is 0 Å². The molecule has 1 aliphatic rings. The molecule has 1 aromatic rings. The van der Waals surface area contributed by atoms with Crippen LogP contribution in [0.1, 0.15) is 69.1 Å². The highest BCUT2D eigenvalue weighted by Crippen LogP contribution is 2.31. The summed E-state index contributed by atoms with van der Waals surface area (Å²) in [5, 5.41) is 3.42. The van der Waals surface area contributed by atoms with E-state index < -0.39 is 0 Å². The number of rotatable bonds is 6. The zero-order chi connectivity index (χ0) is 14.5. The van der Waals surface area contributed by atoms with Gasteiger partial charge in [0.15, 0.2) is 0 Å². The fraction of sp³-hybridized carbons (Fsp3) is 0.611. The minimum atomic E-state index is 0.621. The Hall–Kier alpha value is -1.31. The van der Waals surface area contributed by atoms with Crippen LogP contribution in [0.25, 0.3) is 0 Å². The number of hydrogen-bond donors (Lipinski definition) is 1. The zero-order valence-corrected chi connectivity index (χ0v) is 13.4. The predicted molar refractivity (Wildman–Crippen MR) is 87.9 cm³/mol. The maximum absolute atomic E-state index is 4.59. The summed E-state index contributed by atoms with van der Waals surface area (Å²) in [4.78, 5) is 4.59. The molecule has 2 rings (SSSR count). The summed E-state index contributed by atoms with van der Waals surface area (Å²) in [5.41, 5.74) is 4.55. The third kappa shape index (κ3) is 3.23. The monoisotopic (exact) mass is 272 g/mol. The van der Waals surface area contributed by atoms with Crippen LogP contribution >= 0.6 is 0 Å². The Morgan fingerprint density at radius 1 is 1.10 bits per heavy atom. The van der Waals surface area contributed by atoms with Gasteiger partial charge in [-0.1, -0.05) is 45.9 Å². The number of benzene rings is 1. The van der Waals surface area contributed by atoms with Crippen molar-refractivity contribution < 1.29 is 0 Å². The molecule has 1 heterocycles. The Labute approximate surface area is 123 Å². The van der Waals surface area contributed by atoms with Gasteiger partial charge in [0.1, 0.15) is 5.84 Å². The third-order valence-electron chi connectivity index (χ3n) is 4.62. The first-order valence-electron chi connectivity index (χ1n) is 8.06. The van der Waals surface area contributed by atoms with E-state index >= 15 is 0 Å². The van der Waals surface area contributed by atoms with Crippen molar-refractivity contribution in [3.8, 4) is 0 Å². The molecular weight excluding hydrogens is 244 g/mol. The molecule has 0 saturated heterocycles. The molecule has 0 bridgehead atoms. The largest absolute Gasteiger partial charge is 0.372 e. The molecule has 0 aliphatic carbocycles. The number of nitrogens with zero attached hydrogens (tertiary/aromatic N) is 1. The summed E-state index contributed by atoms with van der Waals surface area (Å²) in [5.74, 6) is 2.41. The normalized spacial score (nSPS) is 17.5. The Kier molecular flexibility index (Phi) is 5.22. The second kappa shape index (κ2) is 6.92. The summed E-state index contributed by atoms with van der Waals surface area (Å²) >= 11 is 0. The molecular formula is C18H28N2. The molecule has 0 amide bonds. The van der Waals surface area contributed by atoms with Crippen LogP contribution in [0.5, 0.6) is 0 Å². The van der Waals surface area contributed by atoms with E-state index in [9.17, 15) is 0 Å². The minimum Gasteiger partial charge on any atom is -0.372 e. The summed E-state index contributed by atoms with van der Waals surface area (Å²) in [6.45, 7) is 11.1. The van der Waals surface area contributed by atoms with E-state index in [1.165, 1.54) is 35.4 Å². The van der Waals surface area contributed by atoms with E-state index in [4.69, 9.17) is 0 Å². The summed E-state index contributed by atoms with van der Waals surface area (Å²) in [6.07, 6.45) is 3.36. The number of aliphatic imine (C=N–C) groups is 1. The van der Waals surface area contributed by atoms with E-state index in [2.05, 4.69) is 56.2 Å². The summed E-state index contributed by atoms with van der Waals surface area (Å²) in [6, 6.07) is 6.85. The van der Waals surface area contributed by atoms with Gasteiger partial charge in [-0.15, -0.1) is 0 Å². The molecule has 0 saturated carbocycles. The number of nitrogens with one attached hydrogen (secondary N) is 1. The van der Waals surface area contributed by atoms with Gasteiger partial charge in [0.25, 0.3) is 0 Å². The van der Waals surface area contributed by atoms with Crippen molar-refractivity contribution in [2.24, 2.45) is 4.99 Å². The molecule has 2 atom stereocenters. The molecule has 0 fully saturated rings. The van der Waals surface area contributed by atoms with Crippen molar-refractivity contribution in [3.05, 3.63) is 34.9 Å². The fourth-order valence-corrected chi connectivity index (χ4v) is 2.92. The lowest BCUT2D eigenvalue weighted by Crippen LogP contribution is -2.22. The van der Waals surface area contributed by atoms with Crippen LogP contribution in [-0.2, 0) is 6.42 Å². The summed E-state index contributed by atoms with van der Waals surface area (Å²) < 4.78 is 0. The van der Waals surface area contributed by atoms with Crippen molar-refractivity contribution >= 4 is 5.84 Å². The molecule has 1 aromatic carbocycles. The van der Waals surface area contributed by atoms with Crippen LogP contribution in [0.15, 0.2) is 23.2 Å². The van der Waals surface area contributed by atoms with Gasteiger partial charge in [-0.05, 0) is 41.4 Å². The van der Waals surface area contributed by atoms with E-state index in [0.717, 1.165) is 19.5 Å². The van der Waals surface area contributed by atoms with Gasteiger partial charge in [0.05, 0.1) is 6.54 Å². The topological polar surface area (TPSA) is 24.4 Å². The van der Waals surface area contributed by atoms with Crippen LogP contribution in [-0.4, -0.2) is 18.9 Å². The molecule has 110 valence electrons. The number of hydrogen-bond acceptors (Lipinski definition) is 2. The molecule has 2 heteroatoms. The van der Waals surface area contributed by atoms with Crippen molar-refractivity contribution in [2.75, 3.05) is 13.1 Å². The minimum absolute atomic E-state index is 0.621. The van der Waals surface area contributed by atoms with Crippen LogP contribution < -0.4 is 5.32 Å². The second-order valence-electron chi connectivity index (χ2n) is 5.97. The van der Waals surface area contributed by atoms with E-state index in [0.29, 0.717) is 11.8 Å². The molecule has 0 spiro atoms. The maximum atomic E-state index is 4.59. The van der Waals surface area contributed by atoms with Crippen molar-refractivity contribution in [1.82, 2.24) is 5.32 Å². The van der Waals surface area contributed by atoms with Gasteiger partial charge in [-0.2, -0.15) is 0 Å². The third-order valence-corrected chi connectivity index (χ3v) is 4.62. The highest BCUT2D eigenvalue weighted by atomic mass is 15.1. The molecule has 2 nitrogen and oxygen atoms in total. The highest BCUT2D eigenvalue weighted by Gasteiger charge is 2.18. The predicted octanol–water partition coefficient (Wildman–Crippen LogP) is 4.26. The standard InChI is InChI=1S/C18H28N2/c1-5-13(3)15-8-7-9-16(14(4)6-2)17(15)12-18-19-10-11-20-18/h7-9,13-14H,5-6,10-12H2,1-4H3,(H,19,20)/t13-,14-/m1/s1. The lowest BCUT2D eigenvalue weighted by atomic mass is 9.84. The first-order valence-corrected chi connectivity index (χ1v) is 8.06. The first kappa shape index (κ1) is 15.1. The first-order chi connectivity index (χ1) is 9.67. The molecule has 1 aliphatic heterocycles. The number of amidine groups is 1. The van der Waals surface area contributed by atoms with Gasteiger partial charge in [-0.25, -0.2) is 0 Å². The fourth-order valence-electron chi connectivity index (χ4n) is 2.92. The average Bonchev–Trinajstić information content (AvgIpc) is 2.98. The molecule has 0 radical (unpaired) electrons. The average molecular weight is 272 g/mol. The Morgan fingerprint density at radius 2 is 1.70 bits per heavy atom. The van der Waals surface area contributed by atoms with Gasteiger partial charge >= 0.3 is 0 Å². The lowest BCUT2D eigenvalue weighted by Gasteiger charge is -2.22. The van der Waals surface area contributed by atoms with Crippen molar-refractivity contribution in [3.63, 3.8) is 0 Å². The second-order valence-corrected chi connectivity index (χ2v) is 5.97. The van der Waals surface area contributed by atoms with Crippen molar-refractivity contribution in [2.45, 2.75) is 58.8 Å². The van der Waals surface area contributed by atoms with Crippen LogP contribution in [0.4, 0.5) is 0 Å². The Bertz CT molecular complexity index is 448. The SMILES string of the molecule is CC[C@@H](C)c1cccc([C@H](C)CC)c1CC1=NCCN1. The van der Waals surface area contributed by atoms with Crippen molar-refractivity contribution in [1.29, 1.82) is 0 Å². The zero-order valence-electron chi connectivity index (χ0n) is 13.4. The Balaban J connectivity index is 2.40. The smallest absolute Gasteiger partial charge is 0.101 e.